The molecule has 0 saturated heterocycles. The molecule has 0 aliphatic carbocycles. The van der Waals surface area contributed by atoms with Crippen molar-refractivity contribution < 1.29 is 13.6 Å². The Morgan fingerprint density at radius 2 is 1.95 bits per heavy atom. The molecule has 1 aromatic carbocycles. The third kappa shape index (κ3) is 4.11. The van der Waals surface area contributed by atoms with Gasteiger partial charge in [0.1, 0.15) is 11.6 Å². The second-order valence-corrected chi connectivity index (χ2v) is 4.49. The Labute approximate surface area is 111 Å². The van der Waals surface area contributed by atoms with Crippen LogP contribution in [0.2, 0.25) is 0 Å². The Hall–Kier alpha value is -1.80. The lowest BCUT2D eigenvalue weighted by Gasteiger charge is -2.24. The topological polar surface area (TPSA) is 44.1 Å². The molecule has 0 aliphatic heterocycles. The highest BCUT2D eigenvalue weighted by atomic mass is 19.1. The Kier molecular flexibility index (Phi) is 5.58. The number of benzene rings is 1. The molecule has 102 valence electrons. The van der Waals surface area contributed by atoms with Crippen LogP contribution in [0.1, 0.15) is 30.6 Å². The maximum absolute atomic E-state index is 13.5. The highest BCUT2D eigenvalue weighted by molar-refractivity contribution is 5.98. The normalized spacial score (nSPS) is 10.8. The number of hydrogen-bond acceptors (Lipinski definition) is 3. The fourth-order valence-electron chi connectivity index (χ4n) is 1.74. The quantitative estimate of drug-likeness (QED) is 0.744. The van der Waals surface area contributed by atoms with Crippen LogP contribution in [0, 0.1) is 23.0 Å². The molecule has 0 spiro atoms. The standard InChI is InChI=1S/C14H16F2N2O/c1-10(2)18(8-4-7-17)9-13(19)14-11(15)5-3-6-12(14)16/h3,5-6,10H,4,8-9H2,1-2H3. The zero-order valence-corrected chi connectivity index (χ0v) is 11.0. The summed E-state index contributed by atoms with van der Waals surface area (Å²) in [4.78, 5) is 13.7. The molecule has 0 heterocycles. The van der Waals surface area contributed by atoms with Gasteiger partial charge in [0.05, 0.1) is 18.2 Å². The van der Waals surface area contributed by atoms with Gasteiger partial charge in [-0.15, -0.1) is 0 Å². The molecule has 0 aromatic heterocycles. The summed E-state index contributed by atoms with van der Waals surface area (Å²) in [6.07, 6.45) is 0.269. The van der Waals surface area contributed by atoms with Gasteiger partial charge in [-0.2, -0.15) is 5.26 Å². The highest BCUT2D eigenvalue weighted by Crippen LogP contribution is 2.14. The summed E-state index contributed by atoms with van der Waals surface area (Å²) in [5, 5.41) is 8.55. The van der Waals surface area contributed by atoms with E-state index in [2.05, 4.69) is 0 Å². The van der Waals surface area contributed by atoms with Crippen LogP contribution in [-0.4, -0.2) is 29.8 Å². The summed E-state index contributed by atoms with van der Waals surface area (Å²) >= 11 is 0. The Morgan fingerprint density at radius 1 is 1.37 bits per heavy atom. The van der Waals surface area contributed by atoms with Gasteiger partial charge in [-0.3, -0.25) is 9.69 Å². The van der Waals surface area contributed by atoms with Crippen molar-refractivity contribution >= 4 is 5.78 Å². The minimum absolute atomic E-state index is 0.0205. The summed E-state index contributed by atoms with van der Waals surface area (Å²) in [6.45, 7) is 4.03. The van der Waals surface area contributed by atoms with Gasteiger partial charge in [-0.25, -0.2) is 8.78 Å². The highest BCUT2D eigenvalue weighted by Gasteiger charge is 2.20. The Morgan fingerprint density at radius 3 is 2.42 bits per heavy atom. The summed E-state index contributed by atoms with van der Waals surface area (Å²) < 4.78 is 26.9. The zero-order valence-electron chi connectivity index (χ0n) is 11.0. The number of rotatable bonds is 6. The summed E-state index contributed by atoms with van der Waals surface area (Å²) in [5.74, 6) is -2.31. The molecule has 0 fully saturated rings. The van der Waals surface area contributed by atoms with Crippen molar-refractivity contribution in [3.8, 4) is 6.07 Å². The first-order chi connectivity index (χ1) is 8.97. The fourth-order valence-corrected chi connectivity index (χ4v) is 1.74. The molecule has 0 N–H and O–H groups in total. The zero-order chi connectivity index (χ0) is 14.4. The van der Waals surface area contributed by atoms with E-state index < -0.39 is 23.0 Å². The predicted molar refractivity (Wildman–Crippen MR) is 67.6 cm³/mol. The van der Waals surface area contributed by atoms with E-state index in [1.807, 2.05) is 19.9 Å². The van der Waals surface area contributed by atoms with Gasteiger partial charge in [0.15, 0.2) is 5.78 Å². The van der Waals surface area contributed by atoms with Crippen molar-refractivity contribution in [2.24, 2.45) is 0 Å². The van der Waals surface area contributed by atoms with E-state index in [9.17, 15) is 13.6 Å². The van der Waals surface area contributed by atoms with Gasteiger partial charge >= 0.3 is 0 Å². The van der Waals surface area contributed by atoms with Crippen LogP contribution in [0.15, 0.2) is 18.2 Å². The van der Waals surface area contributed by atoms with E-state index in [-0.39, 0.29) is 19.0 Å². The predicted octanol–water partition coefficient (Wildman–Crippen LogP) is 2.77. The van der Waals surface area contributed by atoms with E-state index in [0.29, 0.717) is 6.54 Å². The molecular formula is C14H16F2N2O. The summed E-state index contributed by atoms with van der Waals surface area (Å²) in [6, 6.07) is 5.35. The van der Waals surface area contributed by atoms with Gasteiger partial charge in [-0.05, 0) is 26.0 Å². The maximum atomic E-state index is 13.5. The molecule has 5 heteroatoms. The lowest BCUT2D eigenvalue weighted by molar-refractivity contribution is 0.0899. The molecule has 0 radical (unpaired) electrons. The number of Topliss-reactive ketones (excluding diaryl/α,β-unsaturated/α-hetero) is 1. The van der Waals surface area contributed by atoms with Crippen molar-refractivity contribution in [1.29, 1.82) is 5.26 Å². The van der Waals surface area contributed by atoms with Crippen molar-refractivity contribution in [2.45, 2.75) is 26.3 Å². The summed E-state index contributed by atoms with van der Waals surface area (Å²) in [7, 11) is 0. The van der Waals surface area contributed by atoms with Crippen LogP contribution < -0.4 is 0 Å². The fraction of sp³-hybridized carbons (Fsp3) is 0.429. The van der Waals surface area contributed by atoms with Crippen LogP contribution in [0.25, 0.3) is 0 Å². The minimum Gasteiger partial charge on any atom is -0.292 e. The molecule has 19 heavy (non-hydrogen) atoms. The molecule has 3 nitrogen and oxygen atoms in total. The van der Waals surface area contributed by atoms with Crippen molar-refractivity contribution in [1.82, 2.24) is 4.90 Å². The van der Waals surface area contributed by atoms with Gasteiger partial charge in [0.2, 0.25) is 0 Å². The Bertz CT molecular complexity index is 474. The van der Waals surface area contributed by atoms with Gasteiger partial charge < -0.3 is 0 Å². The third-order valence-corrected chi connectivity index (χ3v) is 2.83. The Balaban J connectivity index is 2.85. The molecule has 0 saturated carbocycles. The molecule has 0 aliphatic rings. The smallest absolute Gasteiger partial charge is 0.182 e. The van der Waals surface area contributed by atoms with Crippen molar-refractivity contribution in [2.75, 3.05) is 13.1 Å². The summed E-state index contributed by atoms with van der Waals surface area (Å²) in [5.41, 5.74) is -0.509. The molecule has 0 amide bonds. The van der Waals surface area contributed by atoms with E-state index in [1.54, 1.807) is 4.90 Å². The SMILES string of the molecule is CC(C)N(CCC#N)CC(=O)c1c(F)cccc1F. The minimum atomic E-state index is -0.853. The lowest BCUT2D eigenvalue weighted by Crippen LogP contribution is -2.36. The third-order valence-electron chi connectivity index (χ3n) is 2.83. The van der Waals surface area contributed by atoms with Gasteiger partial charge in [0, 0.05) is 19.0 Å². The molecule has 1 aromatic rings. The number of ketones is 1. The number of nitriles is 1. The maximum Gasteiger partial charge on any atom is 0.182 e. The monoisotopic (exact) mass is 266 g/mol. The van der Waals surface area contributed by atoms with E-state index in [1.165, 1.54) is 6.07 Å². The van der Waals surface area contributed by atoms with Crippen LogP contribution >= 0.6 is 0 Å². The first-order valence-electron chi connectivity index (χ1n) is 6.05. The molecule has 0 atom stereocenters. The van der Waals surface area contributed by atoms with Crippen molar-refractivity contribution in [3.05, 3.63) is 35.4 Å². The average molecular weight is 266 g/mol. The molecule has 1 rings (SSSR count). The first-order valence-corrected chi connectivity index (χ1v) is 6.05. The second-order valence-electron chi connectivity index (χ2n) is 4.49. The second kappa shape index (κ2) is 6.95. The van der Waals surface area contributed by atoms with E-state index in [0.717, 1.165) is 12.1 Å². The number of hydrogen-bond donors (Lipinski definition) is 0. The molecule has 0 bridgehead atoms. The van der Waals surface area contributed by atoms with Gasteiger partial charge in [0.25, 0.3) is 0 Å². The number of nitrogens with zero attached hydrogens (tertiary/aromatic N) is 2. The lowest BCUT2D eigenvalue weighted by atomic mass is 10.1. The first kappa shape index (κ1) is 15.3. The van der Waals surface area contributed by atoms with E-state index >= 15 is 0 Å². The van der Waals surface area contributed by atoms with Crippen LogP contribution in [0.5, 0.6) is 0 Å². The van der Waals surface area contributed by atoms with Crippen LogP contribution in [0.4, 0.5) is 8.78 Å². The van der Waals surface area contributed by atoms with Crippen LogP contribution in [-0.2, 0) is 0 Å². The van der Waals surface area contributed by atoms with Gasteiger partial charge in [-0.1, -0.05) is 6.07 Å². The van der Waals surface area contributed by atoms with Crippen LogP contribution in [0.3, 0.4) is 0 Å². The number of halogens is 2. The number of carbonyl (C=O) groups excluding carboxylic acids is 1. The average Bonchev–Trinajstić information content (AvgIpc) is 2.33. The van der Waals surface area contributed by atoms with E-state index in [4.69, 9.17) is 5.26 Å². The van der Waals surface area contributed by atoms with Crippen molar-refractivity contribution in [3.63, 3.8) is 0 Å². The molecule has 0 unspecified atom stereocenters. The largest absolute Gasteiger partial charge is 0.292 e. The number of carbonyl (C=O) groups is 1. The molecular weight excluding hydrogens is 250 g/mol.